The first-order valence-electron chi connectivity index (χ1n) is 7.92. The molecular formula is C17H27BrN2O. The number of morpholine rings is 1. The van der Waals surface area contributed by atoms with E-state index in [1.54, 1.807) is 0 Å². The molecule has 3 nitrogen and oxygen atoms in total. The van der Waals surface area contributed by atoms with Crippen molar-refractivity contribution in [1.82, 2.24) is 10.2 Å². The number of nitrogens with zero attached hydrogens (tertiary/aromatic N) is 1. The molecule has 0 saturated carbocycles. The Bertz CT molecular complexity index is 402. The lowest BCUT2D eigenvalue weighted by Crippen LogP contribution is -2.48. The van der Waals surface area contributed by atoms with Gasteiger partial charge in [0.15, 0.2) is 0 Å². The van der Waals surface area contributed by atoms with Gasteiger partial charge in [-0.15, -0.1) is 0 Å². The Morgan fingerprint density at radius 2 is 1.86 bits per heavy atom. The summed E-state index contributed by atoms with van der Waals surface area (Å²) in [6, 6.07) is 9.16. The van der Waals surface area contributed by atoms with E-state index in [-0.39, 0.29) is 0 Å². The maximum atomic E-state index is 5.47. The Hall–Kier alpha value is -0.420. The lowest BCUT2D eigenvalue weighted by atomic mass is 10.0. The molecule has 0 aromatic heterocycles. The fourth-order valence-corrected chi connectivity index (χ4v) is 3.10. The van der Waals surface area contributed by atoms with Crippen LogP contribution in [0.5, 0.6) is 0 Å². The van der Waals surface area contributed by atoms with Crippen LogP contribution < -0.4 is 5.32 Å². The predicted molar refractivity (Wildman–Crippen MR) is 91.5 cm³/mol. The molecule has 0 radical (unpaired) electrons. The van der Waals surface area contributed by atoms with Crippen molar-refractivity contribution in [3.63, 3.8) is 0 Å². The molecular weight excluding hydrogens is 328 g/mol. The van der Waals surface area contributed by atoms with Crippen molar-refractivity contribution in [1.29, 1.82) is 0 Å². The first-order valence-corrected chi connectivity index (χ1v) is 8.71. The summed E-state index contributed by atoms with van der Waals surface area (Å²) >= 11 is 3.48. The summed E-state index contributed by atoms with van der Waals surface area (Å²) in [4.78, 5) is 2.58. The Labute approximate surface area is 137 Å². The molecule has 1 heterocycles. The van der Waals surface area contributed by atoms with Crippen LogP contribution in [0.3, 0.4) is 0 Å². The summed E-state index contributed by atoms with van der Waals surface area (Å²) in [6.45, 7) is 10.5. The fraction of sp³-hybridized carbons (Fsp3) is 0.647. The summed E-state index contributed by atoms with van der Waals surface area (Å²) in [6.07, 6.45) is 1.24. The average Bonchev–Trinajstić information content (AvgIpc) is 2.49. The number of ether oxygens (including phenoxy) is 1. The SMILES string of the molecule is CC(C)CC(CNCc1ccc(Br)cc1)N1CCOCC1. The normalized spacial score (nSPS) is 18.1. The van der Waals surface area contributed by atoms with Crippen LogP contribution in [0.15, 0.2) is 28.7 Å². The number of halogens is 1. The van der Waals surface area contributed by atoms with E-state index >= 15 is 0 Å². The van der Waals surface area contributed by atoms with Crippen LogP contribution >= 0.6 is 15.9 Å². The van der Waals surface area contributed by atoms with Gasteiger partial charge in [0.1, 0.15) is 0 Å². The Balaban J connectivity index is 1.81. The highest BCUT2D eigenvalue weighted by molar-refractivity contribution is 9.10. The molecule has 0 amide bonds. The average molecular weight is 355 g/mol. The molecule has 1 aromatic rings. The van der Waals surface area contributed by atoms with Crippen molar-refractivity contribution in [3.05, 3.63) is 34.3 Å². The minimum absolute atomic E-state index is 0.615. The van der Waals surface area contributed by atoms with Crippen LogP contribution in [0.25, 0.3) is 0 Å². The molecule has 0 spiro atoms. The van der Waals surface area contributed by atoms with E-state index in [1.807, 2.05) is 0 Å². The van der Waals surface area contributed by atoms with E-state index < -0.39 is 0 Å². The monoisotopic (exact) mass is 354 g/mol. The van der Waals surface area contributed by atoms with Crippen LogP contribution in [0, 0.1) is 5.92 Å². The highest BCUT2D eigenvalue weighted by Crippen LogP contribution is 2.14. The third-order valence-electron chi connectivity index (χ3n) is 3.93. The number of rotatable bonds is 7. The molecule has 1 fully saturated rings. The third-order valence-corrected chi connectivity index (χ3v) is 4.46. The Morgan fingerprint density at radius 1 is 1.19 bits per heavy atom. The van der Waals surface area contributed by atoms with Gasteiger partial charge >= 0.3 is 0 Å². The molecule has 4 heteroatoms. The highest BCUT2D eigenvalue weighted by Gasteiger charge is 2.21. The second kappa shape index (κ2) is 8.89. The number of benzene rings is 1. The first-order chi connectivity index (χ1) is 10.1. The van der Waals surface area contributed by atoms with Gasteiger partial charge in [-0.05, 0) is 30.0 Å². The standard InChI is InChI=1S/C17H27BrN2O/c1-14(2)11-17(20-7-9-21-10-8-20)13-19-12-15-3-5-16(18)6-4-15/h3-6,14,17,19H,7-13H2,1-2H3. The van der Waals surface area contributed by atoms with Gasteiger partial charge in [-0.2, -0.15) is 0 Å². The summed E-state index contributed by atoms with van der Waals surface area (Å²) in [5, 5.41) is 3.63. The van der Waals surface area contributed by atoms with Gasteiger partial charge in [0.25, 0.3) is 0 Å². The number of nitrogens with one attached hydrogen (secondary N) is 1. The van der Waals surface area contributed by atoms with E-state index in [2.05, 4.69) is 64.3 Å². The van der Waals surface area contributed by atoms with Crippen molar-refractivity contribution in [3.8, 4) is 0 Å². The summed E-state index contributed by atoms with van der Waals surface area (Å²) in [7, 11) is 0. The molecule has 1 aliphatic heterocycles. The molecule has 1 aromatic carbocycles. The van der Waals surface area contributed by atoms with Gasteiger partial charge in [-0.25, -0.2) is 0 Å². The first kappa shape index (κ1) is 16.9. The summed E-state index contributed by atoms with van der Waals surface area (Å²) < 4.78 is 6.61. The highest BCUT2D eigenvalue weighted by atomic mass is 79.9. The Kier molecular flexibility index (Phi) is 7.17. The van der Waals surface area contributed by atoms with Crippen LogP contribution in [-0.2, 0) is 11.3 Å². The topological polar surface area (TPSA) is 24.5 Å². The summed E-state index contributed by atoms with van der Waals surface area (Å²) in [5.74, 6) is 0.729. The van der Waals surface area contributed by atoms with Crippen molar-refractivity contribution in [2.24, 2.45) is 5.92 Å². The maximum Gasteiger partial charge on any atom is 0.0594 e. The van der Waals surface area contributed by atoms with Gasteiger partial charge in [0.2, 0.25) is 0 Å². The summed E-state index contributed by atoms with van der Waals surface area (Å²) in [5.41, 5.74) is 1.34. The zero-order valence-electron chi connectivity index (χ0n) is 13.1. The maximum absolute atomic E-state index is 5.47. The van der Waals surface area contributed by atoms with Gasteiger partial charge in [0, 0.05) is 36.7 Å². The lowest BCUT2D eigenvalue weighted by Gasteiger charge is -2.35. The molecule has 1 saturated heterocycles. The molecule has 1 aliphatic rings. The van der Waals surface area contributed by atoms with E-state index in [1.165, 1.54) is 12.0 Å². The molecule has 2 rings (SSSR count). The molecule has 1 atom stereocenters. The van der Waals surface area contributed by atoms with E-state index in [0.717, 1.165) is 49.8 Å². The largest absolute Gasteiger partial charge is 0.379 e. The number of hydrogen-bond acceptors (Lipinski definition) is 3. The molecule has 21 heavy (non-hydrogen) atoms. The zero-order chi connectivity index (χ0) is 15.1. The van der Waals surface area contributed by atoms with Crippen LogP contribution in [0.2, 0.25) is 0 Å². The van der Waals surface area contributed by atoms with Crippen molar-refractivity contribution in [2.45, 2.75) is 32.9 Å². The quantitative estimate of drug-likeness (QED) is 0.812. The second-order valence-corrected chi connectivity index (χ2v) is 7.10. The van der Waals surface area contributed by atoms with E-state index in [9.17, 15) is 0 Å². The zero-order valence-corrected chi connectivity index (χ0v) is 14.7. The second-order valence-electron chi connectivity index (χ2n) is 6.19. The molecule has 0 bridgehead atoms. The Morgan fingerprint density at radius 3 is 2.48 bits per heavy atom. The third kappa shape index (κ3) is 6.07. The van der Waals surface area contributed by atoms with E-state index in [4.69, 9.17) is 4.74 Å². The van der Waals surface area contributed by atoms with E-state index in [0.29, 0.717) is 6.04 Å². The van der Waals surface area contributed by atoms with Crippen molar-refractivity contribution < 1.29 is 4.74 Å². The molecule has 118 valence electrons. The molecule has 0 aliphatic carbocycles. The van der Waals surface area contributed by atoms with Gasteiger partial charge < -0.3 is 10.1 Å². The van der Waals surface area contributed by atoms with Gasteiger partial charge in [-0.3, -0.25) is 4.90 Å². The minimum atomic E-state index is 0.615. The molecule has 1 N–H and O–H groups in total. The van der Waals surface area contributed by atoms with Gasteiger partial charge in [0.05, 0.1) is 13.2 Å². The smallest absolute Gasteiger partial charge is 0.0594 e. The minimum Gasteiger partial charge on any atom is -0.379 e. The predicted octanol–water partition coefficient (Wildman–Crippen LogP) is 3.29. The van der Waals surface area contributed by atoms with Crippen LogP contribution in [0.1, 0.15) is 25.8 Å². The van der Waals surface area contributed by atoms with Gasteiger partial charge in [-0.1, -0.05) is 41.9 Å². The van der Waals surface area contributed by atoms with Crippen LogP contribution in [-0.4, -0.2) is 43.8 Å². The van der Waals surface area contributed by atoms with Crippen molar-refractivity contribution >= 4 is 15.9 Å². The van der Waals surface area contributed by atoms with Crippen LogP contribution in [0.4, 0.5) is 0 Å². The fourth-order valence-electron chi connectivity index (χ4n) is 2.83. The number of hydrogen-bond donors (Lipinski definition) is 1. The lowest BCUT2D eigenvalue weighted by molar-refractivity contribution is 0.0123. The van der Waals surface area contributed by atoms with Crippen molar-refractivity contribution in [2.75, 3.05) is 32.8 Å². The molecule has 1 unspecified atom stereocenters.